The van der Waals surface area contributed by atoms with Crippen molar-refractivity contribution in [2.75, 3.05) is 42.2 Å². The largest absolute Gasteiger partial charge is 0.490 e. The SMILES string of the molecule is CN(C(=O)C1CNC(=O)N1C(=O)OCc1ccccc1)C1CCN(c2ccc(NC(=O)Nc3ccc(OC4CCCC4)cc3)cc2)C1. The number of nitrogens with zero attached hydrogens (tertiary/aromatic N) is 3. The third-order valence-corrected chi connectivity index (χ3v) is 8.93. The third kappa shape index (κ3) is 7.76. The summed E-state index contributed by atoms with van der Waals surface area (Å²) in [7, 11) is 1.70. The number of rotatable bonds is 9. The summed E-state index contributed by atoms with van der Waals surface area (Å²) in [4.78, 5) is 56.0. The molecule has 12 heteroatoms. The summed E-state index contributed by atoms with van der Waals surface area (Å²) >= 11 is 0. The molecular weight excluding hydrogens is 600 g/mol. The van der Waals surface area contributed by atoms with E-state index in [9.17, 15) is 19.2 Å². The van der Waals surface area contributed by atoms with Gasteiger partial charge in [0.1, 0.15) is 18.4 Å². The highest BCUT2D eigenvalue weighted by molar-refractivity contribution is 6.00. The van der Waals surface area contributed by atoms with Crippen LogP contribution in [0.4, 0.5) is 31.4 Å². The van der Waals surface area contributed by atoms with E-state index in [2.05, 4.69) is 20.9 Å². The Morgan fingerprint density at radius 2 is 1.55 bits per heavy atom. The number of ether oxygens (including phenoxy) is 2. The number of urea groups is 2. The Hall–Kier alpha value is -5.26. The van der Waals surface area contributed by atoms with Gasteiger partial charge in [-0.1, -0.05) is 30.3 Å². The highest BCUT2D eigenvalue weighted by atomic mass is 16.6. The molecule has 2 heterocycles. The smallest absolute Gasteiger partial charge is 0.419 e. The Kier molecular flexibility index (Phi) is 9.75. The molecule has 47 heavy (non-hydrogen) atoms. The van der Waals surface area contributed by atoms with Gasteiger partial charge in [-0.2, -0.15) is 0 Å². The molecule has 3 aromatic rings. The Labute approximate surface area is 274 Å². The summed E-state index contributed by atoms with van der Waals surface area (Å²) in [5.74, 6) is 0.485. The van der Waals surface area contributed by atoms with E-state index in [4.69, 9.17) is 9.47 Å². The first-order chi connectivity index (χ1) is 22.8. The number of amides is 6. The van der Waals surface area contributed by atoms with E-state index in [0.717, 1.165) is 47.7 Å². The fourth-order valence-corrected chi connectivity index (χ4v) is 6.27. The van der Waals surface area contributed by atoms with Crippen molar-refractivity contribution in [3.05, 3.63) is 84.4 Å². The summed E-state index contributed by atoms with van der Waals surface area (Å²) in [5.41, 5.74) is 3.06. The minimum absolute atomic E-state index is 0.000705. The van der Waals surface area contributed by atoms with Gasteiger partial charge in [-0.25, -0.2) is 19.3 Å². The first-order valence-corrected chi connectivity index (χ1v) is 16.1. The minimum Gasteiger partial charge on any atom is -0.490 e. The molecule has 0 radical (unpaired) electrons. The van der Waals surface area contributed by atoms with Crippen LogP contribution in [-0.4, -0.2) is 78.7 Å². The summed E-state index contributed by atoms with van der Waals surface area (Å²) in [5, 5.41) is 8.30. The Balaban J connectivity index is 0.976. The van der Waals surface area contributed by atoms with Crippen LogP contribution in [0.5, 0.6) is 5.75 Å². The topological polar surface area (TPSA) is 133 Å². The third-order valence-electron chi connectivity index (χ3n) is 8.93. The van der Waals surface area contributed by atoms with E-state index >= 15 is 0 Å². The monoisotopic (exact) mass is 640 g/mol. The summed E-state index contributed by atoms with van der Waals surface area (Å²) < 4.78 is 11.3. The van der Waals surface area contributed by atoms with Crippen LogP contribution in [0.25, 0.3) is 0 Å². The van der Waals surface area contributed by atoms with Crippen molar-refractivity contribution in [1.82, 2.24) is 15.1 Å². The number of benzene rings is 3. The number of carbonyl (C=O) groups is 4. The van der Waals surface area contributed by atoms with Crippen LogP contribution in [0, 0.1) is 0 Å². The lowest BCUT2D eigenvalue weighted by Gasteiger charge is -2.29. The second-order valence-electron chi connectivity index (χ2n) is 12.1. The predicted molar refractivity (Wildman–Crippen MR) is 177 cm³/mol. The maximum Gasteiger partial charge on any atom is 0.419 e. The average molecular weight is 641 g/mol. The summed E-state index contributed by atoms with van der Waals surface area (Å²) in [6.07, 6.45) is 4.75. The molecule has 2 unspecified atom stereocenters. The van der Waals surface area contributed by atoms with Gasteiger partial charge in [-0.3, -0.25) is 4.79 Å². The molecule has 6 rings (SSSR count). The van der Waals surface area contributed by atoms with Crippen molar-refractivity contribution in [3.8, 4) is 5.75 Å². The molecule has 3 aliphatic rings. The first-order valence-electron chi connectivity index (χ1n) is 16.1. The molecule has 3 N–H and O–H groups in total. The zero-order valence-electron chi connectivity index (χ0n) is 26.4. The predicted octanol–water partition coefficient (Wildman–Crippen LogP) is 5.42. The zero-order valence-corrected chi connectivity index (χ0v) is 26.4. The Morgan fingerprint density at radius 3 is 2.23 bits per heavy atom. The lowest BCUT2D eigenvalue weighted by Crippen LogP contribution is -2.52. The number of carbonyl (C=O) groups excluding carboxylic acids is 4. The molecule has 1 aliphatic carbocycles. The molecule has 2 atom stereocenters. The molecule has 6 amide bonds. The lowest BCUT2D eigenvalue weighted by atomic mass is 10.2. The van der Waals surface area contributed by atoms with Crippen molar-refractivity contribution >= 4 is 41.1 Å². The number of imide groups is 1. The van der Waals surface area contributed by atoms with Crippen LogP contribution in [0.1, 0.15) is 37.7 Å². The summed E-state index contributed by atoms with van der Waals surface area (Å²) in [6, 6.07) is 22.0. The quantitative estimate of drug-likeness (QED) is 0.285. The molecule has 1 saturated carbocycles. The van der Waals surface area contributed by atoms with Crippen LogP contribution in [0.15, 0.2) is 78.9 Å². The second kappa shape index (κ2) is 14.4. The molecule has 0 aromatic heterocycles. The van der Waals surface area contributed by atoms with Crippen LogP contribution >= 0.6 is 0 Å². The van der Waals surface area contributed by atoms with Gasteiger partial charge in [0.2, 0.25) is 5.91 Å². The normalized spacial score (nSPS) is 19.3. The molecule has 2 aliphatic heterocycles. The van der Waals surface area contributed by atoms with Crippen LogP contribution < -0.4 is 25.6 Å². The number of nitrogens with one attached hydrogen (secondary N) is 3. The Bertz CT molecular complexity index is 1560. The minimum atomic E-state index is -0.982. The molecule has 0 spiro atoms. The van der Waals surface area contributed by atoms with Gasteiger partial charge in [0.25, 0.3) is 0 Å². The molecule has 3 aromatic carbocycles. The van der Waals surface area contributed by atoms with E-state index in [1.807, 2.05) is 78.9 Å². The van der Waals surface area contributed by atoms with E-state index in [1.54, 1.807) is 11.9 Å². The molecule has 3 fully saturated rings. The van der Waals surface area contributed by atoms with Crippen molar-refractivity contribution in [3.63, 3.8) is 0 Å². The molecular formula is C35H40N6O6. The fourth-order valence-electron chi connectivity index (χ4n) is 6.27. The maximum absolute atomic E-state index is 13.5. The van der Waals surface area contributed by atoms with Crippen LogP contribution in [-0.2, 0) is 16.1 Å². The number of hydrogen-bond donors (Lipinski definition) is 3. The summed E-state index contributed by atoms with van der Waals surface area (Å²) in [6.45, 7) is 1.34. The fraction of sp³-hybridized carbons (Fsp3) is 0.371. The highest BCUT2D eigenvalue weighted by Gasteiger charge is 2.44. The Morgan fingerprint density at radius 1 is 0.894 bits per heavy atom. The van der Waals surface area contributed by atoms with Gasteiger partial charge in [0, 0.05) is 43.7 Å². The number of anilines is 3. The number of likely N-dealkylation sites (N-methyl/N-ethyl adjacent to an activating group) is 1. The molecule has 2 saturated heterocycles. The van der Waals surface area contributed by atoms with Crippen molar-refractivity contribution in [2.45, 2.75) is 56.9 Å². The van der Waals surface area contributed by atoms with Gasteiger partial charge in [0.05, 0.1) is 12.1 Å². The van der Waals surface area contributed by atoms with Gasteiger partial charge in [-0.15, -0.1) is 0 Å². The van der Waals surface area contributed by atoms with Gasteiger partial charge in [0.15, 0.2) is 0 Å². The lowest BCUT2D eigenvalue weighted by molar-refractivity contribution is -0.135. The van der Waals surface area contributed by atoms with Crippen molar-refractivity contribution in [2.24, 2.45) is 0 Å². The molecule has 246 valence electrons. The standard InChI is InChI=1S/C35H40N6O6/c1-39(32(42)31-21-36-34(44)41(31)35(45)46-23-24-7-3-2-4-8-24)28-19-20-40(22-28)27-15-11-25(12-16-27)37-33(43)38-26-13-17-30(18-14-26)47-29-9-5-6-10-29/h2-4,7-8,11-18,28-29,31H,5-6,9-10,19-23H2,1H3,(H,36,44)(H2,37,38,43). The van der Waals surface area contributed by atoms with Crippen molar-refractivity contribution in [1.29, 1.82) is 0 Å². The van der Waals surface area contributed by atoms with E-state index in [1.165, 1.54) is 12.8 Å². The number of hydrogen-bond acceptors (Lipinski definition) is 7. The van der Waals surface area contributed by atoms with E-state index in [0.29, 0.717) is 17.9 Å². The van der Waals surface area contributed by atoms with Gasteiger partial charge >= 0.3 is 18.2 Å². The van der Waals surface area contributed by atoms with E-state index in [-0.39, 0.29) is 37.2 Å². The first kappa shape index (κ1) is 31.7. The molecule has 12 nitrogen and oxygen atoms in total. The average Bonchev–Trinajstić information content (AvgIpc) is 3.87. The highest BCUT2D eigenvalue weighted by Crippen LogP contribution is 2.27. The van der Waals surface area contributed by atoms with Crippen molar-refractivity contribution < 1.29 is 28.7 Å². The van der Waals surface area contributed by atoms with Crippen LogP contribution in [0.3, 0.4) is 0 Å². The van der Waals surface area contributed by atoms with Gasteiger partial charge in [-0.05, 0) is 86.2 Å². The van der Waals surface area contributed by atoms with Gasteiger partial charge < -0.3 is 35.2 Å². The molecule has 0 bridgehead atoms. The zero-order chi connectivity index (χ0) is 32.8. The van der Waals surface area contributed by atoms with Crippen LogP contribution in [0.2, 0.25) is 0 Å². The second-order valence-corrected chi connectivity index (χ2v) is 12.1. The van der Waals surface area contributed by atoms with E-state index < -0.39 is 18.2 Å². The maximum atomic E-state index is 13.5.